The van der Waals surface area contributed by atoms with E-state index in [9.17, 15) is 4.79 Å². The molecule has 208 valence electrons. The lowest BCUT2D eigenvalue weighted by molar-refractivity contribution is 0.0247. The van der Waals surface area contributed by atoms with E-state index < -0.39 is 11.6 Å². The molecule has 0 radical (unpaired) electrons. The van der Waals surface area contributed by atoms with E-state index in [2.05, 4.69) is 48.3 Å². The van der Waals surface area contributed by atoms with Crippen molar-refractivity contribution in [2.45, 2.75) is 26.4 Å². The number of esters is 1. The number of rotatable bonds is 6. The van der Waals surface area contributed by atoms with Gasteiger partial charge in [-0.25, -0.2) is 14.8 Å². The van der Waals surface area contributed by atoms with E-state index in [-0.39, 0.29) is 5.69 Å². The Morgan fingerprint density at radius 2 is 1.57 bits per heavy atom. The maximum atomic E-state index is 13.9. The van der Waals surface area contributed by atoms with Crippen molar-refractivity contribution in [1.29, 1.82) is 0 Å². The first-order valence-corrected chi connectivity index (χ1v) is 14.6. The molecule has 0 aliphatic carbocycles. The number of pyridine rings is 1. The molecule has 1 atom stereocenters. The molecule has 42 heavy (non-hydrogen) atoms. The molecule has 4 heterocycles. The summed E-state index contributed by atoms with van der Waals surface area (Å²) >= 11 is 7.22. The SMILES string of the molecule is CCN(CC)c1ccc(C2(c3c(-c4ccccc4)c(C)n4ccccc34)OC(=O)c3nc4ccccc4nc32)c(Cl)c1. The summed E-state index contributed by atoms with van der Waals surface area (Å²) in [6.45, 7) is 8.00. The van der Waals surface area contributed by atoms with Crippen molar-refractivity contribution in [3.8, 4) is 11.1 Å². The highest BCUT2D eigenvalue weighted by molar-refractivity contribution is 6.32. The number of cyclic esters (lactones) is 1. The van der Waals surface area contributed by atoms with Crippen molar-refractivity contribution in [2.75, 3.05) is 18.0 Å². The van der Waals surface area contributed by atoms with Crippen LogP contribution in [0.4, 0.5) is 5.69 Å². The lowest BCUT2D eigenvalue weighted by Crippen LogP contribution is -2.32. The lowest BCUT2D eigenvalue weighted by Gasteiger charge is -2.32. The summed E-state index contributed by atoms with van der Waals surface area (Å²) in [5.41, 5.74) is 6.82. The zero-order valence-corrected chi connectivity index (χ0v) is 24.4. The van der Waals surface area contributed by atoms with Gasteiger partial charge in [-0.2, -0.15) is 0 Å². The van der Waals surface area contributed by atoms with Crippen molar-refractivity contribution < 1.29 is 9.53 Å². The van der Waals surface area contributed by atoms with E-state index in [0.717, 1.165) is 46.7 Å². The highest BCUT2D eigenvalue weighted by Gasteiger charge is 2.55. The molecule has 0 saturated heterocycles. The Hall–Kier alpha value is -4.68. The van der Waals surface area contributed by atoms with Gasteiger partial charge in [0.1, 0.15) is 5.69 Å². The molecule has 6 nitrogen and oxygen atoms in total. The number of ether oxygens (including phenoxy) is 1. The molecule has 0 amide bonds. The van der Waals surface area contributed by atoms with Crippen LogP contribution >= 0.6 is 11.6 Å². The van der Waals surface area contributed by atoms with Gasteiger partial charge in [0.15, 0.2) is 5.69 Å². The van der Waals surface area contributed by atoms with Crippen LogP contribution in [0.2, 0.25) is 5.02 Å². The molecule has 3 aromatic heterocycles. The van der Waals surface area contributed by atoms with Gasteiger partial charge in [0.25, 0.3) is 0 Å². The standard InChI is InChI=1S/C35H29ClN4O2/c1-4-39(5-2)24-18-19-25(26(36)21-24)35(33-32(34(41)42-35)37-27-15-9-10-16-28(27)38-33)31-29-17-11-12-20-40(29)22(3)30(31)23-13-7-6-8-14-23/h6-21H,4-5H2,1-3H3. The number of carbonyl (C=O) groups excluding carboxylic acids is 1. The van der Waals surface area contributed by atoms with E-state index in [1.54, 1.807) is 0 Å². The second-order valence-corrected chi connectivity index (χ2v) is 10.9. The van der Waals surface area contributed by atoms with Gasteiger partial charge in [-0.15, -0.1) is 0 Å². The number of fused-ring (bicyclic) bond motifs is 3. The van der Waals surface area contributed by atoms with Gasteiger partial charge in [-0.3, -0.25) is 0 Å². The van der Waals surface area contributed by atoms with Gasteiger partial charge in [0, 0.05) is 47.4 Å². The van der Waals surface area contributed by atoms with E-state index in [1.165, 1.54) is 0 Å². The van der Waals surface area contributed by atoms with E-state index in [1.807, 2.05) is 79.0 Å². The monoisotopic (exact) mass is 572 g/mol. The number of halogens is 1. The van der Waals surface area contributed by atoms with Crippen LogP contribution in [-0.2, 0) is 10.3 Å². The highest BCUT2D eigenvalue weighted by Crippen LogP contribution is 2.53. The molecule has 1 aliphatic rings. The number of hydrogen-bond acceptors (Lipinski definition) is 5. The van der Waals surface area contributed by atoms with Crippen molar-refractivity contribution >= 4 is 39.8 Å². The van der Waals surface area contributed by atoms with Gasteiger partial charge in [-0.1, -0.05) is 66.2 Å². The quantitative estimate of drug-likeness (QED) is 0.190. The molecule has 1 aliphatic heterocycles. The summed E-state index contributed by atoms with van der Waals surface area (Å²) < 4.78 is 8.74. The summed E-state index contributed by atoms with van der Waals surface area (Å²) in [5, 5.41) is 0.488. The van der Waals surface area contributed by atoms with Crippen LogP contribution in [0.15, 0.2) is 97.2 Å². The normalized spacial score (nSPS) is 16.1. The fraction of sp³-hybridized carbons (Fsp3) is 0.171. The second-order valence-electron chi connectivity index (χ2n) is 10.5. The van der Waals surface area contributed by atoms with Gasteiger partial charge < -0.3 is 14.0 Å². The zero-order valence-electron chi connectivity index (χ0n) is 23.6. The smallest absolute Gasteiger partial charge is 0.360 e. The van der Waals surface area contributed by atoms with Crippen LogP contribution in [0, 0.1) is 6.92 Å². The summed E-state index contributed by atoms with van der Waals surface area (Å²) in [5.74, 6) is -0.529. The Kier molecular flexibility index (Phi) is 6.24. The topological polar surface area (TPSA) is 59.7 Å². The molecule has 3 aromatic carbocycles. The number of para-hydroxylation sites is 2. The van der Waals surface area contributed by atoms with E-state index >= 15 is 0 Å². The predicted molar refractivity (Wildman–Crippen MR) is 167 cm³/mol. The van der Waals surface area contributed by atoms with Crippen LogP contribution in [0.5, 0.6) is 0 Å². The molecule has 6 aromatic rings. The summed E-state index contributed by atoms with van der Waals surface area (Å²) in [6, 6.07) is 29.8. The first-order valence-electron chi connectivity index (χ1n) is 14.2. The Balaban J connectivity index is 1.65. The van der Waals surface area contributed by atoms with Gasteiger partial charge in [0.05, 0.1) is 21.6 Å². The lowest BCUT2D eigenvalue weighted by atomic mass is 9.80. The van der Waals surface area contributed by atoms with Crippen LogP contribution in [-0.4, -0.2) is 33.4 Å². The first-order chi connectivity index (χ1) is 20.5. The van der Waals surface area contributed by atoms with E-state index in [4.69, 9.17) is 26.3 Å². The van der Waals surface area contributed by atoms with Crippen LogP contribution in [0.1, 0.15) is 46.9 Å². The minimum atomic E-state index is -1.45. The minimum Gasteiger partial charge on any atom is -0.438 e. The Bertz CT molecular complexity index is 2000. The fourth-order valence-corrected chi connectivity index (χ4v) is 6.68. The van der Waals surface area contributed by atoms with Crippen molar-refractivity contribution in [2.24, 2.45) is 0 Å². The number of aromatic nitrogens is 3. The number of anilines is 1. The summed E-state index contributed by atoms with van der Waals surface area (Å²) in [7, 11) is 0. The van der Waals surface area contributed by atoms with Gasteiger partial charge >= 0.3 is 5.97 Å². The third-order valence-electron chi connectivity index (χ3n) is 8.31. The molecular formula is C35H29ClN4O2. The number of nitrogens with zero attached hydrogens (tertiary/aromatic N) is 4. The fourth-order valence-electron chi connectivity index (χ4n) is 6.37. The minimum absolute atomic E-state index is 0.199. The van der Waals surface area contributed by atoms with Crippen LogP contribution < -0.4 is 4.90 Å². The van der Waals surface area contributed by atoms with Crippen molar-refractivity contribution in [3.05, 3.63) is 130 Å². The number of hydrogen-bond donors (Lipinski definition) is 0. The maximum absolute atomic E-state index is 13.9. The zero-order chi connectivity index (χ0) is 29.0. The number of carbonyl (C=O) groups is 1. The third-order valence-corrected chi connectivity index (χ3v) is 8.62. The Morgan fingerprint density at radius 3 is 2.29 bits per heavy atom. The Morgan fingerprint density at radius 1 is 0.881 bits per heavy atom. The molecule has 1 unspecified atom stereocenters. The molecule has 0 fully saturated rings. The average molecular weight is 573 g/mol. The number of aryl methyl sites for hydroxylation is 1. The second kappa shape index (κ2) is 10.00. The van der Waals surface area contributed by atoms with Gasteiger partial charge in [0.2, 0.25) is 5.60 Å². The third kappa shape index (κ3) is 3.75. The molecule has 7 rings (SSSR count). The van der Waals surface area contributed by atoms with Crippen LogP contribution in [0.3, 0.4) is 0 Å². The molecular weight excluding hydrogens is 544 g/mol. The predicted octanol–water partition coefficient (Wildman–Crippen LogP) is 7.82. The Labute approximate surface area is 249 Å². The molecule has 0 N–H and O–H groups in total. The summed E-state index contributed by atoms with van der Waals surface area (Å²) in [6.07, 6.45) is 2.03. The summed E-state index contributed by atoms with van der Waals surface area (Å²) in [4.78, 5) is 26.0. The maximum Gasteiger partial charge on any atom is 0.360 e. The molecule has 0 saturated carbocycles. The molecule has 0 spiro atoms. The largest absolute Gasteiger partial charge is 0.438 e. The van der Waals surface area contributed by atoms with Crippen molar-refractivity contribution in [1.82, 2.24) is 14.4 Å². The van der Waals surface area contributed by atoms with E-state index in [0.29, 0.717) is 27.3 Å². The molecule has 0 bridgehead atoms. The van der Waals surface area contributed by atoms with Crippen molar-refractivity contribution in [3.63, 3.8) is 0 Å². The highest BCUT2D eigenvalue weighted by atomic mass is 35.5. The van der Waals surface area contributed by atoms with Crippen LogP contribution in [0.25, 0.3) is 27.7 Å². The first kappa shape index (κ1) is 26.2. The number of benzene rings is 3. The average Bonchev–Trinajstić information content (AvgIpc) is 3.48. The molecule has 7 heteroatoms. The van der Waals surface area contributed by atoms with Gasteiger partial charge in [-0.05, 0) is 62.7 Å².